The van der Waals surface area contributed by atoms with Crippen molar-refractivity contribution in [1.29, 1.82) is 0 Å². The number of hydrogen-bond donors (Lipinski definition) is 3. The fourth-order valence-electron chi connectivity index (χ4n) is 2.33. The molecular formula is C18H27N4O3PS2. The monoisotopic (exact) mass is 442 g/mol. The van der Waals surface area contributed by atoms with Crippen LogP contribution in [-0.2, 0) is 21.3 Å². The summed E-state index contributed by atoms with van der Waals surface area (Å²) >= 11 is 3.03. The summed E-state index contributed by atoms with van der Waals surface area (Å²) < 4.78 is 21.1. The molecule has 0 saturated carbocycles. The van der Waals surface area contributed by atoms with Gasteiger partial charge in [0, 0.05) is 23.7 Å². The van der Waals surface area contributed by atoms with E-state index >= 15 is 0 Å². The van der Waals surface area contributed by atoms with E-state index in [0.29, 0.717) is 18.1 Å². The van der Waals surface area contributed by atoms with Crippen molar-refractivity contribution in [2.45, 2.75) is 25.5 Å². The van der Waals surface area contributed by atoms with E-state index in [1.165, 1.54) is 17.3 Å². The minimum Gasteiger partial charge on any atom is -0.364 e. The Morgan fingerprint density at radius 2 is 2.18 bits per heavy atom. The van der Waals surface area contributed by atoms with Crippen molar-refractivity contribution in [3.05, 3.63) is 53.6 Å². The third-order valence-corrected chi connectivity index (χ3v) is 6.52. The van der Waals surface area contributed by atoms with E-state index in [-0.39, 0.29) is 6.61 Å². The third-order valence-electron chi connectivity index (χ3n) is 3.82. The molecule has 1 heterocycles. The molecule has 2 aromatic rings. The van der Waals surface area contributed by atoms with E-state index in [2.05, 4.69) is 20.0 Å². The Kier molecular flexibility index (Phi) is 10.2. The van der Waals surface area contributed by atoms with E-state index in [0.717, 1.165) is 29.3 Å². The average molecular weight is 443 g/mol. The molecule has 0 aliphatic rings. The molecule has 0 bridgehead atoms. The predicted octanol–water partition coefficient (Wildman–Crippen LogP) is 4.01. The summed E-state index contributed by atoms with van der Waals surface area (Å²) in [6.45, 7) is 2.83. The van der Waals surface area contributed by atoms with Crippen LogP contribution in [0.4, 0.5) is 0 Å². The maximum atomic E-state index is 12.2. The van der Waals surface area contributed by atoms with Crippen molar-refractivity contribution >= 4 is 36.4 Å². The van der Waals surface area contributed by atoms with Crippen LogP contribution < -0.4 is 5.32 Å². The van der Waals surface area contributed by atoms with Crippen LogP contribution in [0.2, 0.25) is 0 Å². The Labute approximate surface area is 174 Å². The van der Waals surface area contributed by atoms with Crippen LogP contribution in [-0.4, -0.2) is 45.2 Å². The minimum absolute atomic E-state index is 0.187. The molecule has 2 rings (SSSR count). The Bertz CT molecular complexity index is 786. The first kappa shape index (κ1) is 23.0. The largest absolute Gasteiger partial charge is 0.453 e. The lowest BCUT2D eigenvalue weighted by atomic mass is 10.1. The van der Waals surface area contributed by atoms with Gasteiger partial charge < -0.3 is 15.2 Å². The minimum atomic E-state index is -4.00. The first-order valence-corrected chi connectivity index (χ1v) is 12.9. The SMILES string of the molecule is CSC(=NP(=O)(O)OCCCc1ccccc1)NCCSCc1nc[nH]c1C. The molecule has 0 fully saturated rings. The number of hydrogen-bond acceptors (Lipinski definition) is 5. The standard InChI is InChI=1S/C18H27N4O3PS2/c1-15-17(21-14-20-15)13-28-12-10-19-18(27-2)22-26(23,24)25-11-6-9-16-7-4-3-5-8-16/h3-5,7-8,14H,6,9-13H2,1-2H3,(H,20,21)(H2,19,22,23,24). The zero-order valence-corrected chi connectivity index (χ0v) is 18.7. The van der Waals surface area contributed by atoms with Gasteiger partial charge in [-0.1, -0.05) is 42.1 Å². The van der Waals surface area contributed by atoms with Gasteiger partial charge >= 0.3 is 7.75 Å². The molecule has 1 unspecified atom stereocenters. The highest BCUT2D eigenvalue weighted by Gasteiger charge is 2.19. The molecule has 1 aromatic heterocycles. The van der Waals surface area contributed by atoms with E-state index in [1.54, 1.807) is 18.1 Å². The molecule has 3 N–H and O–H groups in total. The molecule has 0 aliphatic carbocycles. The molecule has 0 amide bonds. The fraction of sp³-hybridized carbons (Fsp3) is 0.444. The summed E-state index contributed by atoms with van der Waals surface area (Å²) in [7, 11) is -4.00. The van der Waals surface area contributed by atoms with E-state index in [1.807, 2.05) is 43.5 Å². The maximum absolute atomic E-state index is 12.2. The van der Waals surface area contributed by atoms with Crippen LogP contribution in [0.25, 0.3) is 0 Å². The molecule has 154 valence electrons. The topological polar surface area (TPSA) is 99.6 Å². The van der Waals surface area contributed by atoms with Crippen LogP contribution >= 0.6 is 31.3 Å². The van der Waals surface area contributed by atoms with Crippen molar-refractivity contribution in [2.24, 2.45) is 4.76 Å². The molecule has 0 saturated heterocycles. The molecule has 10 heteroatoms. The summed E-state index contributed by atoms with van der Waals surface area (Å²) in [6.07, 6.45) is 4.96. The molecule has 1 atom stereocenters. The Hall–Kier alpha value is -1.25. The van der Waals surface area contributed by atoms with Crippen LogP contribution in [0.3, 0.4) is 0 Å². The zero-order chi connectivity index (χ0) is 20.2. The molecule has 0 aliphatic heterocycles. The number of amidine groups is 1. The highest BCUT2D eigenvalue weighted by atomic mass is 32.2. The number of aromatic nitrogens is 2. The van der Waals surface area contributed by atoms with Gasteiger partial charge in [0.1, 0.15) is 0 Å². The van der Waals surface area contributed by atoms with Gasteiger partial charge in [-0.25, -0.2) is 9.55 Å². The highest BCUT2D eigenvalue weighted by molar-refractivity contribution is 8.13. The van der Waals surface area contributed by atoms with Gasteiger partial charge in [-0.05, 0) is 31.6 Å². The summed E-state index contributed by atoms with van der Waals surface area (Å²) in [6, 6.07) is 9.96. The van der Waals surface area contributed by atoms with Gasteiger partial charge in [-0.15, -0.1) is 0 Å². The number of benzene rings is 1. The van der Waals surface area contributed by atoms with Gasteiger partial charge in [0.25, 0.3) is 0 Å². The summed E-state index contributed by atoms with van der Waals surface area (Å²) in [4.78, 5) is 17.3. The first-order valence-electron chi connectivity index (χ1n) is 8.96. The Morgan fingerprint density at radius 3 is 2.86 bits per heavy atom. The van der Waals surface area contributed by atoms with Gasteiger partial charge in [0.15, 0.2) is 5.17 Å². The average Bonchev–Trinajstić information content (AvgIpc) is 3.09. The zero-order valence-electron chi connectivity index (χ0n) is 16.1. The number of aryl methyl sites for hydroxylation is 2. The van der Waals surface area contributed by atoms with Crippen molar-refractivity contribution in [1.82, 2.24) is 15.3 Å². The van der Waals surface area contributed by atoms with Crippen molar-refractivity contribution in [3.63, 3.8) is 0 Å². The highest BCUT2D eigenvalue weighted by Crippen LogP contribution is 2.44. The van der Waals surface area contributed by atoms with E-state index in [9.17, 15) is 9.46 Å². The Balaban J connectivity index is 1.67. The van der Waals surface area contributed by atoms with Crippen LogP contribution in [0, 0.1) is 6.92 Å². The van der Waals surface area contributed by atoms with Gasteiger partial charge in [0.05, 0.1) is 18.6 Å². The lowest BCUT2D eigenvalue weighted by Gasteiger charge is -2.11. The number of nitrogens with one attached hydrogen (secondary N) is 2. The lowest BCUT2D eigenvalue weighted by molar-refractivity contribution is 0.257. The van der Waals surface area contributed by atoms with E-state index < -0.39 is 7.75 Å². The molecule has 28 heavy (non-hydrogen) atoms. The summed E-state index contributed by atoms with van der Waals surface area (Å²) in [5.41, 5.74) is 3.31. The first-order chi connectivity index (χ1) is 13.5. The second kappa shape index (κ2) is 12.3. The van der Waals surface area contributed by atoms with Crippen molar-refractivity contribution in [3.8, 4) is 0 Å². The molecule has 0 spiro atoms. The van der Waals surface area contributed by atoms with Crippen LogP contribution in [0.5, 0.6) is 0 Å². The van der Waals surface area contributed by atoms with Gasteiger partial charge in [0.2, 0.25) is 0 Å². The molecular weight excluding hydrogens is 415 g/mol. The van der Waals surface area contributed by atoms with Gasteiger partial charge in [-0.2, -0.15) is 16.5 Å². The number of imidazole rings is 1. The second-order valence-electron chi connectivity index (χ2n) is 5.98. The van der Waals surface area contributed by atoms with Crippen molar-refractivity contribution < 1.29 is 14.0 Å². The normalized spacial score (nSPS) is 14.0. The molecule has 1 aromatic carbocycles. The fourth-order valence-corrected chi connectivity index (χ4v) is 4.81. The number of H-pyrrole nitrogens is 1. The predicted molar refractivity (Wildman–Crippen MR) is 119 cm³/mol. The number of aromatic amines is 1. The number of nitrogens with zero attached hydrogens (tertiary/aromatic N) is 2. The number of thioether (sulfide) groups is 2. The third kappa shape index (κ3) is 8.84. The number of rotatable bonds is 11. The lowest BCUT2D eigenvalue weighted by Crippen LogP contribution is -2.23. The Morgan fingerprint density at radius 1 is 1.39 bits per heavy atom. The van der Waals surface area contributed by atoms with Crippen LogP contribution in [0.1, 0.15) is 23.4 Å². The quantitative estimate of drug-likeness (QED) is 0.209. The second-order valence-corrected chi connectivity index (χ2v) is 9.32. The smallest absolute Gasteiger partial charge is 0.364 e. The molecule has 0 radical (unpaired) electrons. The van der Waals surface area contributed by atoms with E-state index in [4.69, 9.17) is 4.52 Å². The maximum Gasteiger partial charge on any atom is 0.453 e. The summed E-state index contributed by atoms with van der Waals surface area (Å²) in [5, 5.41) is 3.50. The van der Waals surface area contributed by atoms with Crippen LogP contribution in [0.15, 0.2) is 41.4 Å². The van der Waals surface area contributed by atoms with Crippen molar-refractivity contribution in [2.75, 3.05) is 25.2 Å². The molecule has 7 nitrogen and oxygen atoms in total. The summed E-state index contributed by atoms with van der Waals surface area (Å²) in [5.74, 6) is 1.66. The van der Waals surface area contributed by atoms with Gasteiger partial charge in [-0.3, -0.25) is 4.52 Å².